The van der Waals surface area contributed by atoms with E-state index in [1.54, 1.807) is 0 Å². The molecule has 3 atom stereocenters. The maximum atomic E-state index is 13.3. The van der Waals surface area contributed by atoms with Gasteiger partial charge in [0.05, 0.1) is 17.6 Å². The van der Waals surface area contributed by atoms with Crippen LogP contribution in [0, 0.1) is 11.3 Å². The molecule has 1 N–H and O–H groups in total. The smallest absolute Gasteiger partial charge is 0.310 e. The molecule has 18 heavy (non-hydrogen) atoms. The first-order valence-electron chi connectivity index (χ1n) is 6.70. The van der Waals surface area contributed by atoms with E-state index in [0.717, 1.165) is 19.3 Å². The molecule has 3 nitrogen and oxygen atoms in total. The van der Waals surface area contributed by atoms with Crippen LogP contribution in [0.15, 0.2) is 0 Å². The summed E-state index contributed by atoms with van der Waals surface area (Å²) in [7, 11) is 0. The van der Waals surface area contributed by atoms with E-state index in [9.17, 15) is 18.7 Å². The third kappa shape index (κ3) is 1.75. The molecule has 2 saturated heterocycles. The van der Waals surface area contributed by atoms with Gasteiger partial charge in [0.15, 0.2) is 0 Å². The molecular formula is C13H18F2O3. The van der Waals surface area contributed by atoms with Gasteiger partial charge in [-0.3, -0.25) is 4.79 Å². The maximum Gasteiger partial charge on any atom is 0.310 e. The van der Waals surface area contributed by atoms with Gasteiger partial charge in [-0.25, -0.2) is 8.78 Å². The predicted molar refractivity (Wildman–Crippen MR) is 59.5 cm³/mol. The summed E-state index contributed by atoms with van der Waals surface area (Å²) in [6.45, 7) is 0. The third-order valence-corrected chi connectivity index (χ3v) is 5.12. The lowest BCUT2D eigenvalue weighted by atomic mass is 9.61. The lowest BCUT2D eigenvalue weighted by molar-refractivity contribution is -0.165. The van der Waals surface area contributed by atoms with Crippen molar-refractivity contribution in [2.45, 2.75) is 63.1 Å². The molecule has 1 saturated carbocycles. The van der Waals surface area contributed by atoms with Gasteiger partial charge in [-0.1, -0.05) is 0 Å². The highest BCUT2D eigenvalue weighted by molar-refractivity contribution is 5.75. The number of ether oxygens (including phenoxy) is 1. The van der Waals surface area contributed by atoms with Gasteiger partial charge >= 0.3 is 5.97 Å². The summed E-state index contributed by atoms with van der Waals surface area (Å²) in [5, 5.41) is 9.55. The van der Waals surface area contributed by atoms with Gasteiger partial charge in [0.1, 0.15) is 0 Å². The number of carboxylic acids is 1. The second kappa shape index (κ2) is 3.89. The number of fused-ring (bicyclic) bond motifs is 2. The quantitative estimate of drug-likeness (QED) is 0.830. The third-order valence-electron chi connectivity index (χ3n) is 5.12. The minimum absolute atomic E-state index is 0.0159. The summed E-state index contributed by atoms with van der Waals surface area (Å²) < 4.78 is 32.2. The number of hydrogen-bond acceptors (Lipinski definition) is 2. The largest absolute Gasteiger partial charge is 0.481 e. The number of halogens is 2. The Bertz CT molecular complexity index is 359. The van der Waals surface area contributed by atoms with Crippen LogP contribution in [0.2, 0.25) is 0 Å². The zero-order valence-electron chi connectivity index (χ0n) is 10.2. The molecule has 1 aliphatic carbocycles. The number of aliphatic carboxylic acids is 1. The molecule has 0 radical (unpaired) electrons. The Morgan fingerprint density at radius 3 is 2.28 bits per heavy atom. The van der Waals surface area contributed by atoms with Crippen molar-refractivity contribution in [1.82, 2.24) is 0 Å². The van der Waals surface area contributed by atoms with E-state index in [2.05, 4.69) is 0 Å². The lowest BCUT2D eigenvalue weighted by Gasteiger charge is -2.42. The van der Waals surface area contributed by atoms with Crippen LogP contribution in [-0.2, 0) is 9.53 Å². The first kappa shape index (κ1) is 12.3. The van der Waals surface area contributed by atoms with Crippen molar-refractivity contribution in [1.29, 1.82) is 0 Å². The lowest BCUT2D eigenvalue weighted by Crippen LogP contribution is -2.47. The summed E-state index contributed by atoms with van der Waals surface area (Å²) in [6.07, 6.45) is 2.35. The molecular weight excluding hydrogens is 242 g/mol. The average Bonchev–Trinajstić information content (AvgIpc) is 2.91. The summed E-state index contributed by atoms with van der Waals surface area (Å²) >= 11 is 0. The van der Waals surface area contributed by atoms with Gasteiger partial charge < -0.3 is 9.84 Å². The van der Waals surface area contributed by atoms with E-state index in [-0.39, 0.29) is 43.8 Å². The van der Waals surface area contributed by atoms with E-state index in [0.29, 0.717) is 0 Å². The molecule has 0 spiro atoms. The van der Waals surface area contributed by atoms with Gasteiger partial charge in [0.25, 0.3) is 0 Å². The fourth-order valence-electron chi connectivity index (χ4n) is 4.02. The van der Waals surface area contributed by atoms with Crippen LogP contribution < -0.4 is 0 Å². The van der Waals surface area contributed by atoms with Gasteiger partial charge in [-0.05, 0) is 32.1 Å². The van der Waals surface area contributed by atoms with Crippen LogP contribution in [0.3, 0.4) is 0 Å². The van der Waals surface area contributed by atoms with Crippen molar-refractivity contribution in [2.24, 2.45) is 11.3 Å². The number of rotatable bonds is 2. The second-order valence-electron chi connectivity index (χ2n) is 6.03. The predicted octanol–water partition coefficient (Wildman–Crippen LogP) is 2.83. The number of carboxylic acid groups (broad SMARTS) is 1. The first-order chi connectivity index (χ1) is 8.43. The number of hydrogen-bond donors (Lipinski definition) is 1. The molecule has 3 rings (SSSR count). The van der Waals surface area contributed by atoms with Crippen LogP contribution in [0.4, 0.5) is 8.78 Å². The van der Waals surface area contributed by atoms with Crippen molar-refractivity contribution >= 4 is 5.97 Å². The summed E-state index contributed by atoms with van der Waals surface area (Å²) in [5.74, 6) is -3.65. The van der Waals surface area contributed by atoms with Gasteiger partial charge in [-0.15, -0.1) is 0 Å². The van der Waals surface area contributed by atoms with Crippen molar-refractivity contribution in [3.05, 3.63) is 0 Å². The Hall–Kier alpha value is -0.710. The van der Waals surface area contributed by atoms with Crippen LogP contribution in [0.25, 0.3) is 0 Å². The van der Waals surface area contributed by atoms with E-state index in [4.69, 9.17) is 4.74 Å². The Kier molecular flexibility index (Phi) is 2.66. The van der Waals surface area contributed by atoms with Gasteiger partial charge in [0.2, 0.25) is 5.92 Å². The minimum atomic E-state index is -2.68. The summed E-state index contributed by atoms with van der Waals surface area (Å²) in [5.41, 5.74) is -0.971. The standard InChI is InChI=1S/C13H18F2O3/c14-13(15)5-3-12(4-6-13,11(16)17)9-7-8-1-2-10(9)18-8/h8-10H,1-7H2,(H,16,17). The van der Waals surface area contributed by atoms with Crippen LogP contribution in [0.5, 0.6) is 0 Å². The van der Waals surface area contributed by atoms with Crippen molar-refractivity contribution in [3.8, 4) is 0 Å². The molecule has 2 aliphatic heterocycles. The number of carbonyl (C=O) groups is 1. The normalized spacial score (nSPS) is 40.9. The zero-order chi connectivity index (χ0) is 13.0. The fourth-order valence-corrected chi connectivity index (χ4v) is 4.02. The van der Waals surface area contributed by atoms with Crippen LogP contribution in [0.1, 0.15) is 44.9 Å². The molecule has 2 heterocycles. The Balaban J connectivity index is 1.83. The van der Waals surface area contributed by atoms with Gasteiger partial charge in [-0.2, -0.15) is 0 Å². The monoisotopic (exact) mass is 260 g/mol. The molecule has 3 unspecified atom stereocenters. The van der Waals surface area contributed by atoms with Crippen LogP contribution in [-0.4, -0.2) is 29.2 Å². The second-order valence-corrected chi connectivity index (χ2v) is 6.03. The van der Waals surface area contributed by atoms with E-state index < -0.39 is 17.3 Å². The summed E-state index contributed by atoms with van der Waals surface area (Å²) in [4.78, 5) is 11.7. The van der Waals surface area contributed by atoms with Crippen molar-refractivity contribution in [3.63, 3.8) is 0 Å². The first-order valence-corrected chi connectivity index (χ1v) is 6.70. The molecule has 0 amide bonds. The fraction of sp³-hybridized carbons (Fsp3) is 0.923. The maximum absolute atomic E-state index is 13.3. The Labute approximate surface area is 105 Å². The molecule has 5 heteroatoms. The molecule has 3 fully saturated rings. The SMILES string of the molecule is O=C(O)C1(C2CC3CCC2O3)CCC(F)(F)CC1. The molecule has 3 aliphatic rings. The minimum Gasteiger partial charge on any atom is -0.481 e. The van der Waals surface area contributed by atoms with Crippen LogP contribution >= 0.6 is 0 Å². The van der Waals surface area contributed by atoms with Crippen molar-refractivity contribution in [2.75, 3.05) is 0 Å². The topological polar surface area (TPSA) is 46.5 Å². The highest BCUT2D eigenvalue weighted by atomic mass is 19.3. The molecule has 0 aromatic carbocycles. The van der Waals surface area contributed by atoms with E-state index in [1.807, 2.05) is 0 Å². The van der Waals surface area contributed by atoms with Crippen molar-refractivity contribution < 1.29 is 23.4 Å². The summed E-state index contributed by atoms with van der Waals surface area (Å²) in [6, 6.07) is 0. The molecule has 0 aromatic heterocycles. The Morgan fingerprint density at radius 1 is 1.17 bits per heavy atom. The number of alkyl halides is 2. The van der Waals surface area contributed by atoms with E-state index >= 15 is 0 Å². The van der Waals surface area contributed by atoms with Gasteiger partial charge in [0, 0.05) is 18.8 Å². The molecule has 102 valence electrons. The highest BCUT2D eigenvalue weighted by Crippen LogP contribution is 2.55. The Morgan fingerprint density at radius 2 is 1.83 bits per heavy atom. The average molecular weight is 260 g/mol. The molecule has 0 aromatic rings. The molecule has 2 bridgehead atoms. The zero-order valence-corrected chi connectivity index (χ0v) is 10.2. The van der Waals surface area contributed by atoms with E-state index in [1.165, 1.54) is 0 Å². The highest BCUT2D eigenvalue weighted by Gasteiger charge is 2.58.